The maximum Gasteiger partial charge on any atom is 0.350 e. The molecule has 4 heterocycles. The number of carboxylic acids is 1. The van der Waals surface area contributed by atoms with Gasteiger partial charge in [-0.05, 0) is 78.8 Å². The van der Waals surface area contributed by atoms with Gasteiger partial charge < -0.3 is 96.9 Å². The van der Waals surface area contributed by atoms with E-state index in [2.05, 4.69) is 42.5 Å². The molecule has 3 aliphatic carbocycles. The second kappa shape index (κ2) is 35.2. The highest BCUT2D eigenvalue weighted by Gasteiger charge is 2.78. The predicted octanol–water partition coefficient (Wildman–Crippen LogP) is -0.0775. The minimum atomic E-state index is -2.60. The SMILES string of the molecule is CC(=O)O[C@H]1C(=O)[C@@]2(C)C([C@H](OC(=O)c3ccccc3)[C@]3(O)C[C@H](OC(=O)[C@H](OC(=O)CCC(=O)NCc4ccc(CN5C(=O)[C@@H]6CNC(=O)[C@H](CC(=O)O)NC(=O)CNC(=O)[C@H](CCCNC(=N)N)NC(=O)C[C@@H]5C(=O)N6)cc4)[C@@H](NC(=O)c4ccccc4)c4ccccc4)C(C)=C1C3(C)C)[C@]1(OC(C)=O)CO[C@@H]1C[C@@H]2O. The summed E-state index contributed by atoms with van der Waals surface area (Å²) >= 11 is 0. The summed E-state index contributed by atoms with van der Waals surface area (Å²) in [6, 6.07) is 21.8. The van der Waals surface area contributed by atoms with E-state index in [-0.39, 0.29) is 72.7 Å². The molecule has 1 unspecified atom stereocenters. The molecule has 4 aromatic carbocycles. The molecule has 15 atom stereocenters. The molecule has 14 N–H and O–H groups in total. The van der Waals surface area contributed by atoms with Crippen molar-refractivity contribution in [2.24, 2.45) is 22.5 Å². The molecule has 7 aliphatic rings. The number of nitrogens with one attached hydrogen (secondary N) is 9. The van der Waals surface area contributed by atoms with Crippen molar-refractivity contribution in [1.29, 1.82) is 5.41 Å². The summed E-state index contributed by atoms with van der Waals surface area (Å²) in [4.78, 5) is 211. The molecule has 4 bridgehead atoms. The van der Waals surface area contributed by atoms with Gasteiger partial charge in [0.15, 0.2) is 23.4 Å². The highest BCUT2D eigenvalue weighted by molar-refractivity contribution is 6.01. The van der Waals surface area contributed by atoms with Crippen LogP contribution in [0.3, 0.4) is 0 Å². The van der Waals surface area contributed by atoms with Crippen molar-refractivity contribution < 1.29 is 116 Å². The van der Waals surface area contributed by atoms with Gasteiger partial charge in [0, 0.05) is 70.3 Å². The lowest BCUT2D eigenvalue weighted by Gasteiger charge is -2.67. The largest absolute Gasteiger partial charge is 0.481 e. The number of benzene rings is 4. The summed E-state index contributed by atoms with van der Waals surface area (Å²) < 4.78 is 37.1. The predicted molar refractivity (Wildman–Crippen MR) is 391 cm³/mol. The summed E-state index contributed by atoms with van der Waals surface area (Å²) in [5, 5.41) is 63.7. The Morgan fingerprint density at radius 2 is 1.37 bits per heavy atom. The first-order valence-corrected chi connectivity index (χ1v) is 36.7. The number of Topliss-reactive ketones (excluding diaryl/α,β-unsaturated/α-hetero) is 1. The lowest BCUT2D eigenvalue weighted by atomic mass is 9.44. The van der Waals surface area contributed by atoms with Gasteiger partial charge in [-0.2, -0.15) is 0 Å². The molecule has 0 aromatic heterocycles. The number of carbonyl (C=O) groups excluding carboxylic acids is 14. The van der Waals surface area contributed by atoms with Gasteiger partial charge >= 0.3 is 35.8 Å². The zero-order chi connectivity index (χ0) is 82.0. The zero-order valence-electron chi connectivity index (χ0n) is 62.7. The maximum absolute atomic E-state index is 16.0. The number of carboxylic acid groups (broad SMARTS) is 1. The zero-order valence-corrected chi connectivity index (χ0v) is 62.7. The molecular formula is C78H91N11O24. The summed E-state index contributed by atoms with van der Waals surface area (Å²) in [6.07, 6.45) is -14.6. The quantitative estimate of drug-likeness (QED) is 0.00830. The number of hydrogen-bond donors (Lipinski definition) is 13. The number of fused-ring (bicyclic) bond motifs is 19. The van der Waals surface area contributed by atoms with Crippen molar-refractivity contribution in [2.45, 2.75) is 184 Å². The van der Waals surface area contributed by atoms with Gasteiger partial charge in [0.2, 0.25) is 47.5 Å². The summed E-state index contributed by atoms with van der Waals surface area (Å²) in [5.41, 5.74) is -2.18. The topological polar surface area (TPSA) is 521 Å². The van der Waals surface area contributed by atoms with Crippen LogP contribution >= 0.6 is 0 Å². The van der Waals surface area contributed by atoms with Crippen molar-refractivity contribution in [3.63, 3.8) is 0 Å². The van der Waals surface area contributed by atoms with Gasteiger partial charge in [-0.3, -0.25) is 67.7 Å². The third-order valence-corrected chi connectivity index (χ3v) is 21.7. The first-order valence-electron chi connectivity index (χ1n) is 36.7. The molecule has 35 heteroatoms. The highest BCUT2D eigenvalue weighted by Crippen LogP contribution is 2.64. The minimum absolute atomic E-state index is 0.0193. The maximum atomic E-state index is 16.0. The molecule has 6 fully saturated rings. The van der Waals surface area contributed by atoms with Gasteiger partial charge in [-0.25, -0.2) is 9.59 Å². The Morgan fingerprint density at radius 1 is 0.743 bits per heavy atom. The van der Waals surface area contributed by atoms with E-state index >= 15 is 9.59 Å². The van der Waals surface area contributed by atoms with Crippen LogP contribution in [0.5, 0.6) is 0 Å². The Bertz CT molecular complexity index is 4410. The average Bonchev–Trinajstić information content (AvgIpc) is 0.668. The number of guanidine groups is 1. The van der Waals surface area contributed by atoms with Gasteiger partial charge in [-0.1, -0.05) is 105 Å². The number of aliphatic carboxylic acids is 1. The fourth-order valence-corrected chi connectivity index (χ4v) is 15.8. The second-order valence-corrected chi connectivity index (χ2v) is 29.4. The number of piperazine rings is 1. The number of nitrogens with zero attached hydrogens (tertiary/aromatic N) is 1. The van der Waals surface area contributed by atoms with E-state index in [9.17, 15) is 77.6 Å². The van der Waals surface area contributed by atoms with Crippen LogP contribution in [-0.2, 0) is 104 Å². The molecule has 35 nitrogen and oxygen atoms in total. The summed E-state index contributed by atoms with van der Waals surface area (Å²) in [7, 11) is 0. The lowest BCUT2D eigenvalue weighted by Crippen LogP contribution is -2.82. The number of rotatable bonds is 24. The first-order chi connectivity index (χ1) is 53.6. The van der Waals surface area contributed by atoms with E-state index in [0.717, 1.165) is 18.7 Å². The fourth-order valence-electron chi connectivity index (χ4n) is 15.8. The molecule has 602 valence electrons. The van der Waals surface area contributed by atoms with Crippen LogP contribution in [0.2, 0.25) is 0 Å². The Kier molecular flexibility index (Phi) is 26.0. The second-order valence-electron chi connectivity index (χ2n) is 29.4. The van der Waals surface area contributed by atoms with Crippen molar-refractivity contribution in [2.75, 3.05) is 26.2 Å². The first kappa shape index (κ1) is 83.5. The number of hydrogen-bond acceptors (Lipinski definition) is 24. The number of esters is 5. The van der Waals surface area contributed by atoms with Gasteiger partial charge in [-0.15, -0.1) is 0 Å². The average molecular weight is 1570 g/mol. The van der Waals surface area contributed by atoms with Crippen LogP contribution in [0.15, 0.2) is 126 Å². The number of amides is 8. The Labute approximate surface area is 647 Å². The normalized spacial score (nSPS) is 27.4. The van der Waals surface area contributed by atoms with E-state index in [1.165, 1.54) is 64.1 Å². The van der Waals surface area contributed by atoms with Crippen molar-refractivity contribution in [3.8, 4) is 0 Å². The number of ether oxygens (including phenoxy) is 6. The molecule has 113 heavy (non-hydrogen) atoms. The van der Waals surface area contributed by atoms with E-state index in [0.29, 0.717) is 11.1 Å². The Hall–Kier alpha value is -12.0. The van der Waals surface area contributed by atoms with Crippen LogP contribution in [0, 0.1) is 22.2 Å². The molecule has 0 spiro atoms. The van der Waals surface area contributed by atoms with Crippen LogP contribution in [-0.4, -0.2) is 213 Å². The molecule has 8 amide bonds. The number of ketones is 1. The third kappa shape index (κ3) is 18.5. The molecular weight excluding hydrogens is 1470 g/mol. The van der Waals surface area contributed by atoms with E-state index in [4.69, 9.17) is 39.6 Å². The number of nitrogens with two attached hydrogens (primary N) is 1. The van der Waals surface area contributed by atoms with Gasteiger partial charge in [0.1, 0.15) is 54.1 Å². The third-order valence-electron chi connectivity index (χ3n) is 21.7. The van der Waals surface area contributed by atoms with Crippen LogP contribution in [0.1, 0.15) is 136 Å². The number of carbonyl (C=O) groups is 15. The summed E-state index contributed by atoms with van der Waals surface area (Å²) in [5.74, 6) is -16.9. The van der Waals surface area contributed by atoms with Gasteiger partial charge in [0.05, 0.1) is 55.4 Å². The van der Waals surface area contributed by atoms with E-state index in [1.54, 1.807) is 78.9 Å². The monoisotopic (exact) mass is 1570 g/mol. The Morgan fingerprint density at radius 3 is 1.99 bits per heavy atom. The van der Waals surface area contributed by atoms with Crippen molar-refractivity contribution in [1.82, 2.24) is 47.4 Å². The van der Waals surface area contributed by atoms with Crippen molar-refractivity contribution in [3.05, 3.63) is 154 Å². The molecule has 11 rings (SSSR count). The molecule has 2 saturated carbocycles. The molecule has 4 saturated heterocycles. The number of aliphatic hydroxyl groups excluding tert-OH is 1. The van der Waals surface area contributed by atoms with Crippen LogP contribution < -0.4 is 48.3 Å². The van der Waals surface area contributed by atoms with Crippen LogP contribution in [0.4, 0.5) is 0 Å². The fraction of sp³-hybridized carbons (Fsp3) is 0.462. The van der Waals surface area contributed by atoms with Gasteiger partial charge in [0.25, 0.3) is 5.91 Å². The highest BCUT2D eigenvalue weighted by atomic mass is 16.6. The lowest BCUT2D eigenvalue weighted by molar-refractivity contribution is -0.346. The standard InChI is InChI=1S/C78H91N11O24/c1-40-52(34-78(107)66(112-72(105)47-21-14-9-15-22-47)64-76(6,53(92)33-54-77(64,39-108-54)113-42(3)91)65(99)62(109-41(2)90)60(40)75(78,4)5)110-73(106)63(61(45-17-10-7-11-18-45)88-67(100)46-19-12-8-13-20-46)111-59(98)29-28-55(93)82-35-43-24-26-44(27-25-43)38-89-51-32-56(94)85-48(23-16-30-81-74(79)80)68(101)84-37-57(95)86-49(31-58(96)97)69(102)83-36-50(71(89)104)87-70(51)103/h7-15,17-22,24-27,48-54,61-64,66,92,107H,16,23,28-39H2,1-6H3,(H,82,93)(H,83,102)(H,84,101)(H,85,94)(H,86,95)(H,87,103)(H,88,100)(H,96,97)(H4,79,80,81)/t48-,49-,50-,51+,52-,53-,54+,61-,62+,63+,64?,66-,76+,77-,78+/m0/s1. The molecule has 4 aromatic rings. The molecule has 4 aliphatic heterocycles. The van der Waals surface area contributed by atoms with E-state index < -0.39 is 235 Å². The summed E-state index contributed by atoms with van der Waals surface area (Å²) in [6.45, 7) is 5.72. The minimum Gasteiger partial charge on any atom is -0.481 e. The van der Waals surface area contributed by atoms with Crippen LogP contribution in [0.25, 0.3) is 0 Å². The Balaban J connectivity index is 0.905. The smallest absolute Gasteiger partial charge is 0.350 e. The van der Waals surface area contributed by atoms with E-state index in [1.807, 2.05) is 0 Å². The molecule has 0 radical (unpaired) electrons. The number of aliphatic hydroxyl groups is 2. The van der Waals surface area contributed by atoms with Crippen molar-refractivity contribution >= 4 is 94.8 Å².